The second-order valence-electron chi connectivity index (χ2n) is 18.7. The van der Waals surface area contributed by atoms with E-state index in [0.29, 0.717) is 60.5 Å². The Bertz CT molecular complexity index is 2570. The van der Waals surface area contributed by atoms with Crippen LogP contribution in [0, 0.1) is 31.1 Å². The van der Waals surface area contributed by atoms with E-state index < -0.39 is 35.1 Å². The molecule has 2 aromatic heterocycles. The summed E-state index contributed by atoms with van der Waals surface area (Å²) in [7, 11) is 0. The van der Waals surface area contributed by atoms with Crippen molar-refractivity contribution in [3.63, 3.8) is 0 Å². The zero-order valence-corrected chi connectivity index (χ0v) is 42.8. The Morgan fingerprint density at radius 2 is 1.03 bits per heavy atom. The first kappa shape index (κ1) is 55.9. The molecule has 9 nitrogen and oxygen atoms in total. The normalized spacial score (nSPS) is 16.9. The molecule has 0 bridgehead atoms. The van der Waals surface area contributed by atoms with Gasteiger partial charge in [0.2, 0.25) is 0 Å². The van der Waals surface area contributed by atoms with Gasteiger partial charge in [-0.3, -0.25) is 14.4 Å². The number of hydrogen-bond acceptors (Lipinski definition) is 11. The fourth-order valence-corrected chi connectivity index (χ4v) is 10.5. The number of rotatable bonds is 15. The number of aryl methyl sites for hydroxylation is 6. The number of aromatic nitrogens is 4. The fraction of sp³-hybridized carbons (Fsp3) is 0.491. The number of benzene rings is 2. The van der Waals surface area contributed by atoms with Gasteiger partial charge in [-0.15, -0.1) is 0 Å². The van der Waals surface area contributed by atoms with Gasteiger partial charge >= 0.3 is 18.3 Å². The SMILES string of the molecule is CCc1cc(C)cc(CC)c1C1=C(O)CC(CCSc2nccc(C(F)(F)F)n2)CC1=O.CCc1cc(C)cc(CC)c1C1=C(OC(=O)C(C)(C)C)CC(CCSc2nccc(C(F)(F)F)n2)CC1=O. The summed E-state index contributed by atoms with van der Waals surface area (Å²) in [5.74, 6) is 0.650. The summed E-state index contributed by atoms with van der Waals surface area (Å²) in [6.45, 7) is 17.5. The molecule has 6 rings (SSSR count). The Kier molecular flexibility index (Phi) is 19.1. The molecule has 0 saturated carbocycles. The molecule has 2 atom stereocenters. The minimum Gasteiger partial charge on any atom is -0.512 e. The Morgan fingerprint density at radius 3 is 1.40 bits per heavy atom. The molecule has 0 fully saturated rings. The highest BCUT2D eigenvalue weighted by Gasteiger charge is 2.37. The quantitative estimate of drug-likeness (QED) is 0.0528. The number of alkyl halides is 6. The first-order valence-corrected chi connectivity index (χ1v) is 25.6. The number of carbonyl (C=O) groups excluding carboxylic acids is 3. The molecule has 0 spiro atoms. The van der Waals surface area contributed by atoms with E-state index in [2.05, 4.69) is 44.2 Å². The molecule has 0 saturated heterocycles. The molecule has 2 heterocycles. The van der Waals surface area contributed by atoms with Crippen LogP contribution in [0.25, 0.3) is 11.1 Å². The zero-order chi connectivity index (χ0) is 51.7. The molecule has 378 valence electrons. The lowest BCUT2D eigenvalue weighted by atomic mass is 9.79. The van der Waals surface area contributed by atoms with Crippen molar-refractivity contribution in [2.75, 3.05) is 11.5 Å². The van der Waals surface area contributed by atoms with E-state index in [4.69, 9.17) is 4.74 Å². The van der Waals surface area contributed by atoms with Crippen molar-refractivity contribution in [1.29, 1.82) is 0 Å². The standard InChI is InChI=1S/C29H35F3N2O3S.C24H27F3N2O2S/c1-7-19-13-17(3)14-20(8-2)24(19)25-21(35)15-18(16-22(25)37-26(36)28(4,5)6)10-12-38-27-33-11-9-23(34-27)29(30,31)32;1-4-16-10-14(3)11-17(5-2)21(16)22-18(30)12-15(13-19(22)31)7-9-32-23-28-8-6-20(29-23)24(25,26)27/h9,11,13-14,18H,7-8,10,12,15-16H2,1-6H3;6,8,10-11,15,30H,4-5,7,9,12-13H2,1-3H3. The third kappa shape index (κ3) is 14.5. The topological polar surface area (TPSA) is 132 Å². The number of aliphatic hydroxyl groups excluding tert-OH is 1. The number of hydrogen-bond donors (Lipinski definition) is 1. The average Bonchev–Trinajstić information content (AvgIpc) is 3.28. The smallest absolute Gasteiger partial charge is 0.433 e. The van der Waals surface area contributed by atoms with Crippen LogP contribution in [-0.2, 0) is 57.2 Å². The zero-order valence-electron chi connectivity index (χ0n) is 41.2. The minimum absolute atomic E-state index is 0.0393. The van der Waals surface area contributed by atoms with Crippen molar-refractivity contribution in [2.45, 2.75) is 149 Å². The van der Waals surface area contributed by atoms with Gasteiger partial charge in [0.1, 0.15) is 22.9 Å². The lowest BCUT2D eigenvalue weighted by molar-refractivity contribution is -0.149. The number of esters is 1. The molecule has 2 aliphatic rings. The largest absolute Gasteiger partial charge is 0.512 e. The monoisotopic (exact) mass is 1010 g/mol. The Hall–Kier alpha value is -5.03. The first-order chi connectivity index (χ1) is 32.9. The van der Waals surface area contributed by atoms with Crippen LogP contribution in [0.2, 0.25) is 0 Å². The van der Waals surface area contributed by atoms with Gasteiger partial charge in [-0.2, -0.15) is 26.3 Å². The van der Waals surface area contributed by atoms with Crippen molar-refractivity contribution < 1.29 is 50.6 Å². The summed E-state index contributed by atoms with van der Waals surface area (Å²) < 4.78 is 83.3. The van der Waals surface area contributed by atoms with E-state index in [1.54, 1.807) is 20.8 Å². The maximum absolute atomic E-state index is 13.7. The third-order valence-corrected chi connectivity index (χ3v) is 13.9. The highest BCUT2D eigenvalue weighted by atomic mass is 32.2. The van der Waals surface area contributed by atoms with Crippen molar-refractivity contribution in [3.05, 3.63) is 116 Å². The van der Waals surface area contributed by atoms with Gasteiger partial charge in [0, 0.05) is 49.6 Å². The second-order valence-corrected chi connectivity index (χ2v) is 20.8. The van der Waals surface area contributed by atoms with Crippen molar-refractivity contribution >= 4 is 52.2 Å². The summed E-state index contributed by atoms with van der Waals surface area (Å²) >= 11 is 2.25. The molecule has 2 unspecified atom stereocenters. The van der Waals surface area contributed by atoms with Crippen LogP contribution >= 0.6 is 23.5 Å². The molecule has 70 heavy (non-hydrogen) atoms. The molecular weight excluding hydrogens is 951 g/mol. The van der Waals surface area contributed by atoms with E-state index in [9.17, 15) is 45.8 Å². The summed E-state index contributed by atoms with van der Waals surface area (Å²) in [6.07, 6.45) is -1.37. The van der Waals surface area contributed by atoms with Gasteiger partial charge in [-0.25, -0.2) is 19.9 Å². The Balaban J connectivity index is 0.000000265. The number of carbonyl (C=O) groups is 3. The number of nitrogens with zero attached hydrogens (tertiary/aromatic N) is 4. The van der Waals surface area contributed by atoms with E-state index >= 15 is 0 Å². The van der Waals surface area contributed by atoms with Crippen molar-refractivity contribution in [2.24, 2.45) is 17.3 Å². The van der Waals surface area contributed by atoms with Gasteiger partial charge in [-0.05, 0) is 130 Å². The number of thioether (sulfide) groups is 2. The lowest BCUT2D eigenvalue weighted by Crippen LogP contribution is -2.27. The number of ether oxygens (including phenoxy) is 1. The third-order valence-electron chi connectivity index (χ3n) is 12.1. The van der Waals surface area contributed by atoms with E-state index in [1.165, 1.54) is 0 Å². The lowest BCUT2D eigenvalue weighted by Gasteiger charge is -2.29. The Labute approximate surface area is 415 Å². The number of halogens is 6. The van der Waals surface area contributed by atoms with Crippen LogP contribution in [0.3, 0.4) is 0 Å². The predicted octanol–water partition coefficient (Wildman–Crippen LogP) is 13.7. The average molecular weight is 1010 g/mol. The van der Waals surface area contributed by atoms with Crippen LogP contribution in [0.15, 0.2) is 70.6 Å². The molecule has 17 heteroatoms. The van der Waals surface area contributed by atoms with E-state index in [-0.39, 0.29) is 45.9 Å². The number of allylic oxidation sites excluding steroid dienone is 4. The molecule has 2 aliphatic carbocycles. The molecule has 4 aromatic rings. The summed E-state index contributed by atoms with van der Waals surface area (Å²) in [5, 5.41) is 10.9. The van der Waals surface area contributed by atoms with Gasteiger partial charge in [0.15, 0.2) is 21.9 Å². The highest BCUT2D eigenvalue weighted by molar-refractivity contribution is 7.99. The van der Waals surface area contributed by atoms with E-state index in [1.807, 2.05) is 41.5 Å². The molecule has 1 N–H and O–H groups in total. The van der Waals surface area contributed by atoms with Gasteiger partial charge < -0.3 is 9.84 Å². The van der Waals surface area contributed by atoms with Crippen LogP contribution < -0.4 is 0 Å². The van der Waals surface area contributed by atoms with Crippen LogP contribution in [0.5, 0.6) is 0 Å². The summed E-state index contributed by atoms with van der Waals surface area (Å²) in [6, 6.07) is 9.98. The highest BCUT2D eigenvalue weighted by Crippen LogP contribution is 2.42. The van der Waals surface area contributed by atoms with Crippen LogP contribution in [0.1, 0.15) is 143 Å². The fourth-order valence-electron chi connectivity index (χ4n) is 8.67. The van der Waals surface area contributed by atoms with Gasteiger partial charge in [-0.1, -0.05) is 86.6 Å². The maximum atomic E-state index is 13.7. The molecule has 0 radical (unpaired) electrons. The van der Waals surface area contributed by atoms with Crippen LogP contribution in [0.4, 0.5) is 26.3 Å². The minimum atomic E-state index is -4.54. The van der Waals surface area contributed by atoms with Crippen molar-refractivity contribution in [3.8, 4) is 0 Å². The second kappa shape index (κ2) is 23.9. The predicted molar refractivity (Wildman–Crippen MR) is 262 cm³/mol. The van der Waals surface area contributed by atoms with Crippen LogP contribution in [-0.4, -0.2) is 54.1 Å². The summed E-state index contributed by atoms with van der Waals surface area (Å²) in [4.78, 5) is 54.6. The maximum Gasteiger partial charge on any atom is 0.433 e. The van der Waals surface area contributed by atoms with Crippen molar-refractivity contribution in [1.82, 2.24) is 19.9 Å². The number of aliphatic hydroxyl groups is 1. The number of Topliss-reactive ketones (excluding diaryl/α,β-unsaturated/α-hetero) is 2. The molecule has 2 aromatic carbocycles. The van der Waals surface area contributed by atoms with E-state index in [0.717, 1.165) is 118 Å². The number of ketones is 2. The molecule has 0 amide bonds. The first-order valence-electron chi connectivity index (χ1n) is 23.6. The summed E-state index contributed by atoms with van der Waals surface area (Å²) in [5.41, 5.74) is 6.43. The molecular formula is C53H62F6N4O5S2. The molecule has 0 aliphatic heterocycles. The Morgan fingerprint density at radius 1 is 0.643 bits per heavy atom. The van der Waals surface area contributed by atoms with Gasteiger partial charge in [0.05, 0.1) is 16.6 Å². The van der Waals surface area contributed by atoms with Gasteiger partial charge in [0.25, 0.3) is 0 Å².